The van der Waals surface area contributed by atoms with Crippen LogP contribution >= 0.6 is 0 Å². The van der Waals surface area contributed by atoms with Crippen LogP contribution in [0.4, 0.5) is 17.1 Å². The lowest BCUT2D eigenvalue weighted by Gasteiger charge is -2.32. The van der Waals surface area contributed by atoms with Crippen molar-refractivity contribution in [2.24, 2.45) is 0 Å². The van der Waals surface area contributed by atoms with E-state index in [1.807, 2.05) is 0 Å². The molecule has 2 aromatic heterocycles. The normalized spacial score (nSPS) is 14.1. The predicted molar refractivity (Wildman–Crippen MR) is 300 cm³/mol. The van der Waals surface area contributed by atoms with E-state index in [0.29, 0.717) is 0 Å². The molecule has 0 fully saturated rings. The van der Waals surface area contributed by atoms with Crippen LogP contribution < -0.4 is 4.90 Å². The van der Waals surface area contributed by atoms with Crippen LogP contribution in [-0.4, -0.2) is 0 Å². The van der Waals surface area contributed by atoms with Crippen molar-refractivity contribution in [2.45, 2.75) is 24.7 Å². The van der Waals surface area contributed by atoms with Crippen molar-refractivity contribution in [2.75, 3.05) is 4.90 Å². The maximum atomic E-state index is 7.59. The van der Waals surface area contributed by atoms with Gasteiger partial charge in [-0.1, -0.05) is 202 Å². The van der Waals surface area contributed by atoms with E-state index in [0.717, 1.165) is 77.6 Å². The highest BCUT2D eigenvalue weighted by Crippen LogP contribution is 2.63. The minimum Gasteiger partial charge on any atom is -0.456 e. The highest BCUT2D eigenvalue weighted by Gasteiger charge is 2.51. The van der Waals surface area contributed by atoms with Gasteiger partial charge in [0.05, 0.1) is 11.1 Å². The Morgan fingerprint density at radius 3 is 1.58 bits per heavy atom. The van der Waals surface area contributed by atoms with Gasteiger partial charge in [-0.25, -0.2) is 0 Å². The molecule has 11 aromatic carbocycles. The predicted octanol–water partition coefficient (Wildman–Crippen LogP) is 18.9. The van der Waals surface area contributed by atoms with Crippen LogP contribution in [-0.2, 0) is 10.8 Å². The van der Waals surface area contributed by atoms with Gasteiger partial charge >= 0.3 is 0 Å². The lowest BCUT2D eigenvalue weighted by molar-refractivity contribution is 0.660. The van der Waals surface area contributed by atoms with Gasteiger partial charge in [-0.15, -0.1) is 0 Å². The van der Waals surface area contributed by atoms with Crippen LogP contribution in [0.15, 0.2) is 245 Å². The summed E-state index contributed by atoms with van der Waals surface area (Å²) in [6, 6.07) is 87.0. The van der Waals surface area contributed by atoms with Crippen molar-refractivity contribution < 1.29 is 8.83 Å². The van der Waals surface area contributed by atoms with E-state index in [4.69, 9.17) is 8.83 Å². The Morgan fingerprint density at radius 1 is 0.329 bits per heavy atom. The summed E-state index contributed by atoms with van der Waals surface area (Å²) in [7, 11) is 0. The van der Waals surface area contributed by atoms with Crippen LogP contribution in [0.5, 0.6) is 0 Å². The molecule has 13 aromatic rings. The third kappa shape index (κ3) is 5.38. The zero-order valence-corrected chi connectivity index (χ0v) is 40.3. The maximum Gasteiger partial charge on any atom is 0.159 e. The number of fused-ring (bicyclic) bond motifs is 19. The number of nitrogens with zero attached hydrogens (tertiary/aromatic N) is 1. The van der Waals surface area contributed by atoms with Crippen LogP contribution in [0.2, 0.25) is 0 Å². The minimum atomic E-state index is -0.499. The third-order valence-corrected chi connectivity index (χ3v) is 16.7. The fourth-order valence-corrected chi connectivity index (χ4v) is 13.5. The van der Waals surface area contributed by atoms with Crippen LogP contribution in [0, 0.1) is 0 Å². The van der Waals surface area contributed by atoms with Gasteiger partial charge in [-0.2, -0.15) is 0 Å². The van der Waals surface area contributed by atoms with Crippen molar-refractivity contribution in [3.05, 3.63) is 270 Å². The summed E-state index contributed by atoms with van der Waals surface area (Å²) in [6.45, 7) is 4.70. The standard InChI is InChI=1S/C70H45NO2/c1-69(2)56-25-11-6-19-47(56)51-37-33-44(39-60(51)69)65-66-54-23-10-15-30-63(54)72-64(66)41-55-53-24-16-29-62(67(53)73-68(55)65)71(45-34-31-43(32-35-45)42-17-4-3-5-18-42)46-36-38-52-50-22-9-14-28-59(50)70(61(52)40-46)57-26-12-7-20-48(57)49-21-8-13-27-58(49)70/h3-41H,1-2H3. The molecule has 342 valence electrons. The van der Waals surface area contributed by atoms with Gasteiger partial charge in [0.15, 0.2) is 5.58 Å². The molecule has 0 bridgehead atoms. The van der Waals surface area contributed by atoms with Gasteiger partial charge in [0, 0.05) is 43.9 Å². The molecule has 3 aliphatic rings. The number of furan rings is 2. The molecule has 0 saturated carbocycles. The first-order valence-corrected chi connectivity index (χ1v) is 25.4. The average Bonchev–Trinajstić information content (AvgIpc) is 4.30. The molecule has 0 N–H and O–H groups in total. The number of rotatable bonds is 5. The molecule has 16 rings (SSSR count). The first-order chi connectivity index (χ1) is 36.0. The number of para-hydroxylation sites is 2. The third-order valence-electron chi connectivity index (χ3n) is 16.7. The molecule has 1 spiro atoms. The fourth-order valence-electron chi connectivity index (χ4n) is 13.5. The summed E-state index contributed by atoms with van der Waals surface area (Å²) < 4.78 is 14.4. The first-order valence-electron chi connectivity index (χ1n) is 25.4. The zero-order chi connectivity index (χ0) is 48.2. The van der Waals surface area contributed by atoms with Crippen molar-refractivity contribution in [1.29, 1.82) is 0 Å². The van der Waals surface area contributed by atoms with Gasteiger partial charge in [0.25, 0.3) is 0 Å². The maximum absolute atomic E-state index is 7.59. The molecule has 73 heavy (non-hydrogen) atoms. The van der Waals surface area contributed by atoms with Gasteiger partial charge in [0.1, 0.15) is 16.7 Å². The van der Waals surface area contributed by atoms with Crippen LogP contribution in [0.25, 0.3) is 99.5 Å². The van der Waals surface area contributed by atoms with Gasteiger partial charge in [0.2, 0.25) is 0 Å². The molecule has 2 heterocycles. The monoisotopic (exact) mass is 931 g/mol. The molecule has 3 nitrogen and oxygen atoms in total. The van der Waals surface area contributed by atoms with Gasteiger partial charge in [-0.3, -0.25) is 0 Å². The molecule has 0 aliphatic heterocycles. The van der Waals surface area contributed by atoms with E-state index in [-0.39, 0.29) is 5.41 Å². The smallest absolute Gasteiger partial charge is 0.159 e. The lowest BCUT2D eigenvalue weighted by atomic mass is 9.70. The SMILES string of the molecule is CC1(C)c2ccccc2-c2ccc(-c3c4oc5c(N(c6ccc(-c7ccccc7)cc6)c6ccc7c(c6)C6(c8ccccc8-c8ccccc86)c6ccccc6-7)cccc5c4cc4oc5ccccc5c34)cc21. The van der Waals surface area contributed by atoms with E-state index in [1.165, 1.54) is 72.3 Å². The molecule has 0 atom stereocenters. The Hall–Kier alpha value is -9.18. The van der Waals surface area contributed by atoms with Gasteiger partial charge in [-0.05, 0) is 132 Å². The van der Waals surface area contributed by atoms with Gasteiger partial charge < -0.3 is 13.7 Å². The van der Waals surface area contributed by atoms with E-state index in [2.05, 4.69) is 255 Å². The second kappa shape index (κ2) is 14.7. The van der Waals surface area contributed by atoms with Crippen LogP contribution in [0.3, 0.4) is 0 Å². The Morgan fingerprint density at radius 2 is 0.863 bits per heavy atom. The van der Waals surface area contributed by atoms with Crippen molar-refractivity contribution >= 4 is 60.9 Å². The Labute approximate surface area is 422 Å². The second-order valence-electron chi connectivity index (χ2n) is 20.7. The molecule has 3 aliphatic carbocycles. The molecule has 0 saturated heterocycles. The molecular formula is C70H45NO2. The number of hydrogen-bond acceptors (Lipinski definition) is 3. The van der Waals surface area contributed by atoms with E-state index >= 15 is 0 Å². The van der Waals surface area contributed by atoms with E-state index in [9.17, 15) is 0 Å². The number of anilines is 3. The minimum absolute atomic E-state index is 0.177. The number of benzene rings is 11. The van der Waals surface area contributed by atoms with E-state index in [1.54, 1.807) is 0 Å². The highest BCUT2D eigenvalue weighted by atomic mass is 16.3. The molecular weight excluding hydrogens is 887 g/mol. The average molecular weight is 932 g/mol. The fraction of sp³-hybridized carbons (Fsp3) is 0.0571. The molecule has 0 radical (unpaired) electrons. The van der Waals surface area contributed by atoms with Crippen molar-refractivity contribution in [3.8, 4) is 55.6 Å². The summed E-state index contributed by atoms with van der Waals surface area (Å²) in [5.41, 5.74) is 25.8. The Bertz CT molecular complexity index is 4410. The first kappa shape index (κ1) is 40.5. The second-order valence-corrected chi connectivity index (χ2v) is 20.7. The molecule has 0 unspecified atom stereocenters. The Balaban J connectivity index is 0.964. The largest absolute Gasteiger partial charge is 0.456 e. The quantitative estimate of drug-likeness (QED) is 0.172. The summed E-state index contributed by atoms with van der Waals surface area (Å²) >= 11 is 0. The summed E-state index contributed by atoms with van der Waals surface area (Å²) in [4.78, 5) is 2.41. The Kier molecular flexibility index (Phi) is 8.16. The van der Waals surface area contributed by atoms with Crippen molar-refractivity contribution in [3.63, 3.8) is 0 Å². The summed E-state index contributed by atoms with van der Waals surface area (Å²) in [5.74, 6) is 0. The van der Waals surface area contributed by atoms with E-state index < -0.39 is 5.41 Å². The van der Waals surface area contributed by atoms with Crippen LogP contribution in [0.1, 0.15) is 47.2 Å². The topological polar surface area (TPSA) is 29.5 Å². The summed E-state index contributed by atoms with van der Waals surface area (Å²) in [6.07, 6.45) is 0. The molecule has 3 heteroatoms. The highest BCUT2D eigenvalue weighted by molar-refractivity contribution is 6.24. The molecule has 0 amide bonds. The number of hydrogen-bond donors (Lipinski definition) is 0. The zero-order valence-electron chi connectivity index (χ0n) is 40.3. The summed E-state index contributed by atoms with van der Waals surface area (Å²) in [5, 5.41) is 4.18. The van der Waals surface area contributed by atoms with Crippen molar-refractivity contribution in [1.82, 2.24) is 0 Å². The lowest BCUT2D eigenvalue weighted by Crippen LogP contribution is -2.26.